The Morgan fingerprint density at radius 3 is 2.60 bits per heavy atom. The van der Waals surface area contributed by atoms with Crippen LogP contribution in [0.3, 0.4) is 0 Å². The molecule has 1 atom stereocenters. The summed E-state index contributed by atoms with van der Waals surface area (Å²) < 4.78 is 5.67. The predicted octanol–water partition coefficient (Wildman–Crippen LogP) is 4.17. The average Bonchev–Trinajstić information content (AvgIpc) is 2.88. The van der Waals surface area contributed by atoms with E-state index in [9.17, 15) is 4.79 Å². The molecule has 1 aliphatic rings. The number of ketones is 1. The first-order chi connectivity index (χ1) is 9.83. The highest BCUT2D eigenvalue weighted by Gasteiger charge is 2.30. The van der Waals surface area contributed by atoms with Gasteiger partial charge in [-0.2, -0.15) is 0 Å². The molecule has 3 nitrogen and oxygen atoms in total. The number of anilines is 1. The molecule has 1 aliphatic heterocycles. The van der Waals surface area contributed by atoms with Crippen LogP contribution in [0.4, 0.5) is 5.69 Å². The molecule has 0 fully saturated rings. The normalized spacial score (nSPS) is 17.8. The molecule has 0 spiro atoms. The molecule has 98 valence electrons. The van der Waals surface area contributed by atoms with Gasteiger partial charge in [0.25, 0.3) is 0 Å². The molecule has 3 heteroatoms. The highest BCUT2D eigenvalue weighted by molar-refractivity contribution is 6.09. The molecule has 0 saturated heterocycles. The smallest absolute Gasteiger partial charge is 0.202 e. The summed E-state index contributed by atoms with van der Waals surface area (Å²) in [6.45, 7) is 0. The number of para-hydroxylation sites is 1. The van der Waals surface area contributed by atoms with Crippen molar-refractivity contribution in [3.63, 3.8) is 0 Å². The molecule has 2 aromatic carbocycles. The lowest BCUT2D eigenvalue weighted by molar-refractivity contribution is 0.0946. The maximum atomic E-state index is 12.3. The fraction of sp³-hybridized carbons (Fsp3) is 0.118. The van der Waals surface area contributed by atoms with E-state index in [2.05, 4.69) is 5.32 Å². The highest BCUT2D eigenvalue weighted by atomic mass is 16.3. The quantitative estimate of drug-likeness (QED) is 0.716. The van der Waals surface area contributed by atoms with E-state index in [4.69, 9.17) is 4.42 Å². The Morgan fingerprint density at radius 1 is 1.00 bits per heavy atom. The molecule has 4 rings (SSSR count). The fourth-order valence-electron chi connectivity index (χ4n) is 2.77. The van der Waals surface area contributed by atoms with E-state index in [1.54, 1.807) is 0 Å². The van der Waals surface area contributed by atoms with E-state index in [0.717, 1.165) is 22.2 Å². The molecule has 0 bridgehead atoms. The Morgan fingerprint density at radius 2 is 1.75 bits per heavy atom. The van der Waals surface area contributed by atoms with Gasteiger partial charge in [0.1, 0.15) is 5.58 Å². The number of rotatable bonds is 1. The highest BCUT2D eigenvalue weighted by Crippen LogP contribution is 2.39. The van der Waals surface area contributed by atoms with Crippen LogP contribution in [0, 0.1) is 0 Å². The Bertz CT molecular complexity index is 789. The van der Waals surface area contributed by atoms with E-state index in [1.165, 1.54) is 0 Å². The molecule has 0 amide bonds. The minimum atomic E-state index is 0.0113. The summed E-state index contributed by atoms with van der Waals surface area (Å²) in [6, 6.07) is 17.8. The van der Waals surface area contributed by atoms with E-state index >= 15 is 0 Å². The second kappa shape index (κ2) is 4.23. The Labute approximate surface area is 116 Å². The van der Waals surface area contributed by atoms with Crippen molar-refractivity contribution < 1.29 is 9.21 Å². The third-order valence-electron chi connectivity index (χ3n) is 3.76. The molecule has 1 unspecified atom stereocenters. The lowest BCUT2D eigenvalue weighted by Gasteiger charge is -2.23. The van der Waals surface area contributed by atoms with Gasteiger partial charge in [-0.1, -0.05) is 42.5 Å². The van der Waals surface area contributed by atoms with Crippen molar-refractivity contribution in [1.29, 1.82) is 0 Å². The summed E-state index contributed by atoms with van der Waals surface area (Å²) >= 11 is 0. The number of furan rings is 1. The second-order valence-corrected chi connectivity index (χ2v) is 5.04. The van der Waals surface area contributed by atoms with Crippen molar-refractivity contribution in [2.24, 2.45) is 0 Å². The Hall–Kier alpha value is -2.55. The standard InChI is InChI=1S/C17H13NO2/c19-14-10-13(11-6-2-1-3-7-11)18-16-12-8-4-5-9-15(12)20-17(14)16/h1-9,13,18H,10H2. The van der Waals surface area contributed by atoms with Crippen LogP contribution in [0.15, 0.2) is 59.0 Å². The van der Waals surface area contributed by atoms with Gasteiger partial charge in [0.15, 0.2) is 5.76 Å². The Kier molecular flexibility index (Phi) is 2.39. The molecule has 0 saturated carbocycles. The monoisotopic (exact) mass is 263 g/mol. The number of carbonyl (C=O) groups excluding carboxylic acids is 1. The van der Waals surface area contributed by atoms with Crippen LogP contribution in [0.2, 0.25) is 0 Å². The number of carbonyl (C=O) groups is 1. The molecule has 1 aromatic heterocycles. The lowest BCUT2D eigenvalue weighted by Crippen LogP contribution is -2.21. The topological polar surface area (TPSA) is 42.2 Å². The third-order valence-corrected chi connectivity index (χ3v) is 3.76. The van der Waals surface area contributed by atoms with Gasteiger partial charge in [-0.25, -0.2) is 0 Å². The van der Waals surface area contributed by atoms with E-state index in [-0.39, 0.29) is 11.8 Å². The minimum Gasteiger partial charge on any atom is -0.451 e. The van der Waals surface area contributed by atoms with Gasteiger partial charge in [-0.05, 0) is 17.7 Å². The van der Waals surface area contributed by atoms with Crippen molar-refractivity contribution in [1.82, 2.24) is 0 Å². The van der Waals surface area contributed by atoms with Gasteiger partial charge in [-0.3, -0.25) is 4.79 Å². The van der Waals surface area contributed by atoms with Crippen LogP contribution >= 0.6 is 0 Å². The van der Waals surface area contributed by atoms with Crippen LogP contribution in [0.1, 0.15) is 28.6 Å². The summed E-state index contributed by atoms with van der Waals surface area (Å²) in [5.41, 5.74) is 2.70. The van der Waals surface area contributed by atoms with Crippen molar-refractivity contribution in [2.75, 3.05) is 5.32 Å². The van der Waals surface area contributed by atoms with Crippen molar-refractivity contribution in [3.8, 4) is 0 Å². The summed E-state index contributed by atoms with van der Waals surface area (Å²) in [4.78, 5) is 12.3. The predicted molar refractivity (Wildman–Crippen MR) is 78.0 cm³/mol. The largest absolute Gasteiger partial charge is 0.451 e. The summed E-state index contributed by atoms with van der Waals surface area (Å²) in [5, 5.41) is 4.42. The average molecular weight is 263 g/mol. The molecule has 20 heavy (non-hydrogen) atoms. The van der Waals surface area contributed by atoms with Gasteiger partial charge in [0.05, 0.1) is 11.7 Å². The molecule has 3 aromatic rings. The number of benzene rings is 2. The van der Waals surface area contributed by atoms with E-state index in [1.807, 2.05) is 54.6 Å². The second-order valence-electron chi connectivity index (χ2n) is 5.04. The SMILES string of the molecule is O=C1CC(c2ccccc2)Nc2c1oc1ccccc21. The minimum absolute atomic E-state index is 0.0113. The number of nitrogens with one attached hydrogen (secondary N) is 1. The lowest BCUT2D eigenvalue weighted by atomic mass is 9.96. The van der Waals surface area contributed by atoms with Crippen LogP contribution in [-0.4, -0.2) is 5.78 Å². The van der Waals surface area contributed by atoms with Gasteiger partial charge in [0.2, 0.25) is 5.78 Å². The summed E-state index contributed by atoms with van der Waals surface area (Å²) in [5.74, 6) is 0.516. The van der Waals surface area contributed by atoms with Gasteiger partial charge in [0, 0.05) is 11.8 Å². The fourth-order valence-corrected chi connectivity index (χ4v) is 2.77. The van der Waals surface area contributed by atoms with E-state index in [0.29, 0.717) is 12.2 Å². The third kappa shape index (κ3) is 1.63. The van der Waals surface area contributed by atoms with E-state index < -0.39 is 0 Å². The van der Waals surface area contributed by atoms with Crippen LogP contribution in [0.5, 0.6) is 0 Å². The number of hydrogen-bond donors (Lipinski definition) is 1. The van der Waals surface area contributed by atoms with Crippen LogP contribution in [-0.2, 0) is 0 Å². The van der Waals surface area contributed by atoms with Crippen molar-refractivity contribution in [3.05, 3.63) is 65.9 Å². The zero-order chi connectivity index (χ0) is 13.5. The van der Waals surface area contributed by atoms with Gasteiger partial charge < -0.3 is 9.73 Å². The first-order valence-corrected chi connectivity index (χ1v) is 6.69. The number of fused-ring (bicyclic) bond motifs is 3. The van der Waals surface area contributed by atoms with Crippen molar-refractivity contribution in [2.45, 2.75) is 12.5 Å². The molecule has 1 N–H and O–H groups in total. The summed E-state index contributed by atoms with van der Waals surface area (Å²) in [6.07, 6.45) is 0.427. The van der Waals surface area contributed by atoms with Gasteiger partial charge >= 0.3 is 0 Å². The number of Topliss-reactive ketones (excluding diaryl/α,β-unsaturated/α-hetero) is 1. The molecule has 0 radical (unpaired) electrons. The zero-order valence-corrected chi connectivity index (χ0v) is 10.8. The molecular formula is C17H13NO2. The molecular weight excluding hydrogens is 250 g/mol. The summed E-state index contributed by atoms with van der Waals surface area (Å²) in [7, 11) is 0. The van der Waals surface area contributed by atoms with Crippen LogP contribution < -0.4 is 5.32 Å². The van der Waals surface area contributed by atoms with Crippen molar-refractivity contribution >= 4 is 22.4 Å². The number of hydrogen-bond acceptors (Lipinski definition) is 3. The Balaban J connectivity index is 1.84. The maximum absolute atomic E-state index is 12.3. The first kappa shape index (κ1) is 11.3. The molecule has 0 aliphatic carbocycles. The van der Waals surface area contributed by atoms with Crippen LogP contribution in [0.25, 0.3) is 11.0 Å². The first-order valence-electron chi connectivity index (χ1n) is 6.69. The van der Waals surface area contributed by atoms with Gasteiger partial charge in [-0.15, -0.1) is 0 Å². The zero-order valence-electron chi connectivity index (χ0n) is 10.8. The maximum Gasteiger partial charge on any atom is 0.202 e. The molecule has 2 heterocycles.